The lowest BCUT2D eigenvalue weighted by Gasteiger charge is -2.21. The monoisotopic (exact) mass is 396 g/mol. The van der Waals surface area contributed by atoms with Gasteiger partial charge in [0.1, 0.15) is 17.6 Å². The lowest BCUT2D eigenvalue weighted by atomic mass is 10.1. The average molecular weight is 396 g/mol. The Morgan fingerprint density at radius 3 is 2.14 bits per heavy atom. The summed E-state index contributed by atoms with van der Waals surface area (Å²) in [6, 6.07) is 2.79. The molecule has 0 radical (unpaired) electrons. The molecule has 0 spiro atoms. The fraction of sp³-hybridized carbons (Fsp3) is 0.333. The first-order valence-corrected chi connectivity index (χ1v) is 9.04. The molecule has 1 aliphatic rings. The molecule has 6 N–H and O–H groups in total. The van der Waals surface area contributed by atoms with E-state index in [2.05, 4.69) is 35.2 Å². The molecule has 0 saturated heterocycles. The van der Waals surface area contributed by atoms with E-state index in [1.807, 2.05) is 0 Å². The highest BCUT2D eigenvalue weighted by Crippen LogP contribution is 2.35. The second-order valence-electron chi connectivity index (χ2n) is 6.71. The number of nitrogens with two attached hydrogens (primary N) is 1. The highest BCUT2D eigenvalue weighted by molar-refractivity contribution is 5.84. The van der Waals surface area contributed by atoms with Crippen LogP contribution in [0, 0.1) is 5.92 Å². The molecule has 0 amide bonds. The highest BCUT2D eigenvalue weighted by Gasteiger charge is 2.41. The third kappa shape index (κ3) is 3.70. The molecule has 29 heavy (non-hydrogen) atoms. The van der Waals surface area contributed by atoms with Crippen LogP contribution in [0.25, 0.3) is 22.9 Å². The molecule has 0 aromatic carbocycles. The molecule has 3 aromatic rings. The molecule has 0 unspecified atom stereocenters. The number of aliphatic hydroxyl groups is 3. The average Bonchev–Trinajstić information content (AvgIpc) is 3.02. The van der Waals surface area contributed by atoms with Crippen molar-refractivity contribution in [1.29, 1.82) is 0 Å². The number of rotatable bonds is 5. The molecular formula is C18H20N8O3. The number of nitrogens with zero attached hydrogens (tertiary/aromatic N) is 6. The minimum Gasteiger partial charge on any atom is -0.396 e. The Bertz CT molecular complexity index is 976. The summed E-state index contributed by atoms with van der Waals surface area (Å²) in [7, 11) is 0. The van der Waals surface area contributed by atoms with Crippen LogP contribution in [0.1, 0.15) is 6.42 Å². The van der Waals surface area contributed by atoms with E-state index in [4.69, 9.17) is 5.73 Å². The Labute approximate surface area is 165 Å². The van der Waals surface area contributed by atoms with E-state index < -0.39 is 24.2 Å². The minimum atomic E-state index is -1.09. The van der Waals surface area contributed by atoms with Crippen LogP contribution in [-0.4, -0.2) is 70.1 Å². The molecule has 11 nitrogen and oxygen atoms in total. The quantitative estimate of drug-likeness (QED) is 0.375. The van der Waals surface area contributed by atoms with Gasteiger partial charge in [0, 0.05) is 37.3 Å². The number of hydrogen-bond acceptors (Lipinski definition) is 11. The van der Waals surface area contributed by atoms with Crippen LogP contribution in [0.3, 0.4) is 0 Å². The standard InChI is InChI=1S/C18H20N8O3/c19-18-25-12(17-22-5-2-6-23-17)11(15-20-3-1-4-21-15)16(26-18)24-10-7-9(8-27)13(28)14(10)29/h1-6,9-10,13-14,27-29H,7-8H2,(H3,19,24,25,26)/t9-,10-,13-,14+/m1/s1. The fourth-order valence-corrected chi connectivity index (χ4v) is 3.43. The maximum atomic E-state index is 10.4. The van der Waals surface area contributed by atoms with Gasteiger partial charge in [-0.3, -0.25) is 0 Å². The van der Waals surface area contributed by atoms with Crippen molar-refractivity contribution in [2.24, 2.45) is 5.92 Å². The van der Waals surface area contributed by atoms with Crippen LogP contribution in [0.15, 0.2) is 36.9 Å². The van der Waals surface area contributed by atoms with Crippen molar-refractivity contribution in [2.45, 2.75) is 24.7 Å². The summed E-state index contributed by atoms with van der Waals surface area (Å²) in [4.78, 5) is 25.6. The topological polar surface area (TPSA) is 176 Å². The van der Waals surface area contributed by atoms with E-state index in [9.17, 15) is 15.3 Å². The maximum absolute atomic E-state index is 10.4. The summed E-state index contributed by atoms with van der Waals surface area (Å²) < 4.78 is 0. The number of nitrogens with one attached hydrogen (secondary N) is 1. The largest absolute Gasteiger partial charge is 0.396 e. The van der Waals surface area contributed by atoms with E-state index in [0.717, 1.165) is 0 Å². The van der Waals surface area contributed by atoms with Crippen molar-refractivity contribution in [3.05, 3.63) is 36.9 Å². The maximum Gasteiger partial charge on any atom is 0.222 e. The van der Waals surface area contributed by atoms with Crippen LogP contribution in [0.4, 0.5) is 11.8 Å². The van der Waals surface area contributed by atoms with Gasteiger partial charge in [0.2, 0.25) is 5.95 Å². The number of aromatic nitrogens is 6. The molecule has 11 heteroatoms. The Balaban J connectivity index is 1.82. The van der Waals surface area contributed by atoms with E-state index in [1.165, 1.54) is 0 Å². The summed E-state index contributed by atoms with van der Waals surface area (Å²) in [5.41, 5.74) is 6.67. The molecule has 4 atom stereocenters. The van der Waals surface area contributed by atoms with Gasteiger partial charge in [-0.1, -0.05) is 0 Å². The van der Waals surface area contributed by atoms with Gasteiger partial charge in [-0.25, -0.2) is 24.9 Å². The smallest absolute Gasteiger partial charge is 0.222 e. The first-order chi connectivity index (χ1) is 14.1. The number of hydrogen-bond donors (Lipinski definition) is 5. The van der Waals surface area contributed by atoms with Crippen molar-refractivity contribution in [2.75, 3.05) is 17.7 Å². The van der Waals surface area contributed by atoms with Crippen LogP contribution < -0.4 is 11.1 Å². The highest BCUT2D eigenvalue weighted by atomic mass is 16.3. The molecule has 150 valence electrons. The van der Waals surface area contributed by atoms with Gasteiger partial charge in [-0.15, -0.1) is 0 Å². The predicted molar refractivity (Wildman–Crippen MR) is 103 cm³/mol. The number of aliphatic hydroxyl groups excluding tert-OH is 3. The second-order valence-corrected chi connectivity index (χ2v) is 6.71. The second kappa shape index (κ2) is 7.99. The van der Waals surface area contributed by atoms with E-state index in [-0.39, 0.29) is 18.4 Å². The Hall–Kier alpha value is -3.28. The first-order valence-electron chi connectivity index (χ1n) is 9.04. The summed E-state index contributed by atoms with van der Waals surface area (Å²) >= 11 is 0. The van der Waals surface area contributed by atoms with Gasteiger partial charge < -0.3 is 26.4 Å². The molecule has 1 aliphatic carbocycles. The van der Waals surface area contributed by atoms with Crippen molar-refractivity contribution in [1.82, 2.24) is 29.9 Å². The van der Waals surface area contributed by atoms with Gasteiger partial charge in [0.15, 0.2) is 11.6 Å². The molecule has 1 saturated carbocycles. The van der Waals surface area contributed by atoms with Crippen LogP contribution >= 0.6 is 0 Å². The first kappa shape index (κ1) is 19.1. The van der Waals surface area contributed by atoms with Crippen molar-refractivity contribution in [3.8, 4) is 22.9 Å². The van der Waals surface area contributed by atoms with Gasteiger partial charge in [-0.05, 0) is 18.6 Å². The lowest BCUT2D eigenvalue weighted by molar-refractivity contribution is 0.00446. The van der Waals surface area contributed by atoms with Crippen molar-refractivity contribution < 1.29 is 15.3 Å². The number of anilines is 2. The summed E-state index contributed by atoms with van der Waals surface area (Å²) in [6.45, 7) is -0.236. The Morgan fingerprint density at radius 2 is 1.55 bits per heavy atom. The molecular weight excluding hydrogens is 376 g/mol. The fourth-order valence-electron chi connectivity index (χ4n) is 3.43. The summed E-state index contributed by atoms with van der Waals surface area (Å²) in [5, 5.41) is 33.1. The third-order valence-corrected chi connectivity index (χ3v) is 4.85. The van der Waals surface area contributed by atoms with E-state index in [1.54, 1.807) is 36.9 Å². The summed E-state index contributed by atoms with van der Waals surface area (Å²) in [5.74, 6) is 0.439. The minimum absolute atomic E-state index is 0.0265. The Kier molecular flexibility index (Phi) is 5.25. The zero-order valence-electron chi connectivity index (χ0n) is 15.3. The molecule has 0 aliphatic heterocycles. The van der Waals surface area contributed by atoms with E-state index >= 15 is 0 Å². The van der Waals surface area contributed by atoms with Crippen LogP contribution in [0.2, 0.25) is 0 Å². The van der Waals surface area contributed by atoms with Gasteiger partial charge in [0.05, 0.1) is 17.7 Å². The molecule has 3 aromatic heterocycles. The zero-order chi connectivity index (χ0) is 20.4. The molecule has 0 bridgehead atoms. The lowest BCUT2D eigenvalue weighted by Crippen LogP contribution is -2.35. The predicted octanol–water partition coefficient (Wildman–Crippen LogP) is -0.513. The number of nitrogen functional groups attached to an aromatic ring is 1. The van der Waals surface area contributed by atoms with E-state index in [0.29, 0.717) is 29.3 Å². The van der Waals surface area contributed by atoms with Gasteiger partial charge in [-0.2, -0.15) is 4.98 Å². The zero-order valence-corrected chi connectivity index (χ0v) is 15.3. The SMILES string of the molecule is Nc1nc(N[C@@H]2C[C@H](CO)[C@@H](O)[C@H]2O)c(-c2ncccn2)c(-c2ncccn2)n1. The van der Waals surface area contributed by atoms with Crippen LogP contribution in [-0.2, 0) is 0 Å². The van der Waals surface area contributed by atoms with Gasteiger partial charge >= 0.3 is 0 Å². The van der Waals surface area contributed by atoms with Crippen LogP contribution in [0.5, 0.6) is 0 Å². The summed E-state index contributed by atoms with van der Waals surface area (Å²) in [6.07, 6.45) is 4.50. The Morgan fingerprint density at radius 1 is 0.931 bits per heavy atom. The van der Waals surface area contributed by atoms with Crippen molar-refractivity contribution in [3.63, 3.8) is 0 Å². The molecule has 4 rings (SSSR count). The van der Waals surface area contributed by atoms with Crippen molar-refractivity contribution >= 4 is 11.8 Å². The van der Waals surface area contributed by atoms with Gasteiger partial charge in [0.25, 0.3) is 0 Å². The normalized spacial score (nSPS) is 23.8. The molecule has 3 heterocycles. The third-order valence-electron chi connectivity index (χ3n) is 4.85. The molecule has 1 fully saturated rings.